The zero-order valence-corrected chi connectivity index (χ0v) is 15.2. The summed E-state index contributed by atoms with van der Waals surface area (Å²) in [4.78, 5) is 0. The van der Waals surface area contributed by atoms with Crippen LogP contribution in [0.25, 0.3) is 6.08 Å². The molecule has 1 saturated heterocycles. The molecule has 8 heteroatoms. The first-order valence-corrected chi connectivity index (χ1v) is 9.87. The lowest BCUT2D eigenvalue weighted by Crippen LogP contribution is -2.46. The van der Waals surface area contributed by atoms with Crippen molar-refractivity contribution in [1.29, 1.82) is 0 Å². The molecule has 144 valence electrons. The summed E-state index contributed by atoms with van der Waals surface area (Å²) in [5.41, 5.74) is 0.774. The van der Waals surface area contributed by atoms with E-state index < -0.39 is 27.8 Å². The number of nitrogens with zero attached hydrogens (tertiary/aromatic N) is 1. The van der Waals surface area contributed by atoms with Crippen LogP contribution in [0.1, 0.15) is 5.56 Å². The van der Waals surface area contributed by atoms with E-state index in [2.05, 4.69) is 0 Å². The number of sulfonamides is 1. The fraction of sp³-hybridized carbons (Fsp3) is 0.263. The van der Waals surface area contributed by atoms with Crippen molar-refractivity contribution < 1.29 is 26.7 Å². The standard InChI is InChI=1S/C19H19F2NO4S/c20-16-6-7-18(21)19(12-16)26-14-17-13-22(9-10-25-17)27(23,24)11-8-15-4-2-1-3-5-15/h1-8,11-12,17H,9-10,13-14H2/b11-8+. The molecule has 2 aromatic rings. The number of hydrogen-bond donors (Lipinski definition) is 0. The van der Waals surface area contributed by atoms with Crippen LogP contribution >= 0.6 is 0 Å². The molecule has 1 fully saturated rings. The Morgan fingerprint density at radius 2 is 1.96 bits per heavy atom. The molecule has 0 aromatic heterocycles. The van der Waals surface area contributed by atoms with Gasteiger partial charge >= 0.3 is 0 Å². The third-order valence-electron chi connectivity index (χ3n) is 4.01. The maximum Gasteiger partial charge on any atom is 0.236 e. The Morgan fingerprint density at radius 3 is 2.74 bits per heavy atom. The van der Waals surface area contributed by atoms with Crippen LogP contribution in [0.3, 0.4) is 0 Å². The molecule has 0 aliphatic carbocycles. The minimum atomic E-state index is -3.63. The molecule has 0 saturated carbocycles. The van der Waals surface area contributed by atoms with Crippen LogP contribution in [0.2, 0.25) is 0 Å². The van der Waals surface area contributed by atoms with Crippen molar-refractivity contribution in [2.24, 2.45) is 0 Å². The molecule has 1 aliphatic heterocycles. The van der Waals surface area contributed by atoms with Gasteiger partial charge in [-0.25, -0.2) is 17.2 Å². The Balaban J connectivity index is 1.61. The molecule has 0 radical (unpaired) electrons. The number of benzene rings is 2. The monoisotopic (exact) mass is 395 g/mol. The third-order valence-corrected chi connectivity index (χ3v) is 5.54. The average Bonchev–Trinajstić information content (AvgIpc) is 2.68. The van der Waals surface area contributed by atoms with Gasteiger partial charge in [-0.3, -0.25) is 0 Å². The van der Waals surface area contributed by atoms with Gasteiger partial charge in [0.1, 0.15) is 18.5 Å². The summed E-state index contributed by atoms with van der Waals surface area (Å²) in [6.45, 7) is 0.386. The second kappa shape index (κ2) is 8.60. The van der Waals surface area contributed by atoms with Gasteiger partial charge in [0.2, 0.25) is 10.0 Å². The summed E-state index contributed by atoms with van der Waals surface area (Å²) in [6.07, 6.45) is 0.944. The smallest absolute Gasteiger partial charge is 0.236 e. The van der Waals surface area contributed by atoms with E-state index in [9.17, 15) is 17.2 Å². The number of morpholine rings is 1. The van der Waals surface area contributed by atoms with Crippen LogP contribution in [0, 0.1) is 11.6 Å². The summed E-state index contributed by atoms with van der Waals surface area (Å²) < 4.78 is 63.8. The maximum atomic E-state index is 13.6. The van der Waals surface area contributed by atoms with Crippen LogP contribution in [-0.2, 0) is 14.8 Å². The van der Waals surface area contributed by atoms with E-state index in [1.807, 2.05) is 18.2 Å². The minimum absolute atomic E-state index is 0.0679. The molecule has 1 unspecified atom stereocenters. The predicted octanol–water partition coefficient (Wildman–Crippen LogP) is 3.05. The van der Waals surface area contributed by atoms with Crippen LogP contribution in [0.4, 0.5) is 8.78 Å². The summed E-state index contributed by atoms with van der Waals surface area (Å²) in [5.74, 6) is -1.55. The molecule has 0 bridgehead atoms. The first-order valence-electron chi connectivity index (χ1n) is 8.37. The van der Waals surface area contributed by atoms with E-state index in [1.54, 1.807) is 12.1 Å². The lowest BCUT2D eigenvalue weighted by molar-refractivity contribution is -0.0252. The molecule has 27 heavy (non-hydrogen) atoms. The van der Waals surface area contributed by atoms with E-state index in [0.717, 1.165) is 29.2 Å². The van der Waals surface area contributed by atoms with Crippen molar-refractivity contribution in [2.45, 2.75) is 6.10 Å². The van der Waals surface area contributed by atoms with Crippen molar-refractivity contribution in [1.82, 2.24) is 4.31 Å². The van der Waals surface area contributed by atoms with Gasteiger partial charge in [-0.05, 0) is 23.8 Å². The summed E-state index contributed by atoms with van der Waals surface area (Å²) in [5, 5.41) is 1.15. The van der Waals surface area contributed by atoms with E-state index in [4.69, 9.17) is 9.47 Å². The molecule has 1 heterocycles. The largest absolute Gasteiger partial charge is 0.488 e. The molecule has 3 rings (SSSR count). The normalized spacial score (nSPS) is 18.7. The Kier molecular flexibility index (Phi) is 6.20. The molecule has 0 N–H and O–H groups in total. The third kappa shape index (κ3) is 5.35. The summed E-state index contributed by atoms with van der Waals surface area (Å²) >= 11 is 0. The van der Waals surface area contributed by atoms with Gasteiger partial charge in [0, 0.05) is 24.6 Å². The number of hydrogen-bond acceptors (Lipinski definition) is 4. The minimum Gasteiger partial charge on any atom is -0.488 e. The molecule has 2 aromatic carbocycles. The van der Waals surface area contributed by atoms with Crippen LogP contribution < -0.4 is 4.74 Å². The molecule has 0 spiro atoms. The number of ether oxygens (including phenoxy) is 2. The molecule has 1 atom stereocenters. The predicted molar refractivity (Wildman–Crippen MR) is 97.6 cm³/mol. The molecule has 1 aliphatic rings. The van der Waals surface area contributed by atoms with E-state index in [-0.39, 0.29) is 32.1 Å². The fourth-order valence-electron chi connectivity index (χ4n) is 2.61. The van der Waals surface area contributed by atoms with Crippen molar-refractivity contribution in [2.75, 3.05) is 26.3 Å². The number of rotatable bonds is 6. The molecular weight excluding hydrogens is 376 g/mol. The fourth-order valence-corrected chi connectivity index (χ4v) is 3.81. The van der Waals surface area contributed by atoms with Crippen molar-refractivity contribution >= 4 is 16.1 Å². The zero-order chi connectivity index (χ0) is 19.3. The molecule has 5 nitrogen and oxygen atoms in total. The highest BCUT2D eigenvalue weighted by Gasteiger charge is 2.28. The zero-order valence-electron chi connectivity index (χ0n) is 14.4. The second-order valence-electron chi connectivity index (χ2n) is 5.99. The lowest BCUT2D eigenvalue weighted by atomic mass is 10.2. The topological polar surface area (TPSA) is 55.8 Å². The SMILES string of the molecule is O=S(=O)(/C=C/c1ccccc1)N1CCOC(COc2cc(F)ccc2F)C1. The van der Waals surface area contributed by atoms with E-state index >= 15 is 0 Å². The van der Waals surface area contributed by atoms with Gasteiger partial charge in [0.15, 0.2) is 11.6 Å². The molecule has 0 amide bonds. The van der Waals surface area contributed by atoms with Crippen LogP contribution in [0.15, 0.2) is 53.9 Å². The van der Waals surface area contributed by atoms with Crippen LogP contribution in [0.5, 0.6) is 5.75 Å². The van der Waals surface area contributed by atoms with Gasteiger partial charge in [-0.1, -0.05) is 30.3 Å². The van der Waals surface area contributed by atoms with E-state index in [1.165, 1.54) is 10.4 Å². The van der Waals surface area contributed by atoms with E-state index in [0.29, 0.717) is 0 Å². The first-order chi connectivity index (χ1) is 12.9. The lowest BCUT2D eigenvalue weighted by Gasteiger charge is -2.31. The van der Waals surface area contributed by atoms with Gasteiger partial charge in [0.25, 0.3) is 0 Å². The van der Waals surface area contributed by atoms with Crippen molar-refractivity contribution in [3.63, 3.8) is 0 Å². The van der Waals surface area contributed by atoms with Gasteiger partial charge < -0.3 is 9.47 Å². The van der Waals surface area contributed by atoms with Crippen LogP contribution in [-0.4, -0.2) is 45.1 Å². The Hall–Kier alpha value is -2.29. The Morgan fingerprint density at radius 1 is 1.19 bits per heavy atom. The molecular formula is C19H19F2NO4S. The van der Waals surface area contributed by atoms with Crippen molar-refractivity contribution in [3.8, 4) is 5.75 Å². The Labute approximate surface area is 156 Å². The number of halogens is 2. The highest BCUT2D eigenvalue weighted by molar-refractivity contribution is 7.92. The summed E-state index contributed by atoms with van der Waals surface area (Å²) in [7, 11) is -3.63. The highest BCUT2D eigenvalue weighted by atomic mass is 32.2. The Bertz CT molecular complexity index is 903. The van der Waals surface area contributed by atoms with Gasteiger partial charge in [-0.2, -0.15) is 4.31 Å². The van der Waals surface area contributed by atoms with Crippen molar-refractivity contribution in [3.05, 3.63) is 71.1 Å². The second-order valence-corrected chi connectivity index (χ2v) is 7.81. The average molecular weight is 395 g/mol. The highest BCUT2D eigenvalue weighted by Crippen LogP contribution is 2.20. The van der Waals surface area contributed by atoms with Gasteiger partial charge in [0.05, 0.1) is 6.61 Å². The summed E-state index contributed by atoms with van der Waals surface area (Å²) in [6, 6.07) is 12.0. The first kappa shape index (κ1) is 19.5. The maximum absolute atomic E-state index is 13.6. The van der Waals surface area contributed by atoms with Gasteiger partial charge in [-0.15, -0.1) is 0 Å². The quantitative estimate of drug-likeness (QED) is 0.755.